The molecule has 0 radical (unpaired) electrons. The summed E-state index contributed by atoms with van der Waals surface area (Å²) in [5.74, 6) is -0.255. The number of nitrogens with one attached hydrogen (secondary N) is 3. The van der Waals surface area contributed by atoms with Crippen LogP contribution in [-0.2, 0) is 4.79 Å². The third-order valence-corrected chi connectivity index (χ3v) is 5.25. The molecule has 9 heteroatoms. The molecule has 0 unspecified atom stereocenters. The van der Waals surface area contributed by atoms with Crippen molar-refractivity contribution in [1.29, 1.82) is 0 Å². The molecule has 134 valence electrons. The van der Waals surface area contributed by atoms with Crippen LogP contribution in [0.1, 0.15) is 24.5 Å². The number of thioether (sulfide) groups is 1. The number of aryl methyl sites for hydroxylation is 2. The summed E-state index contributed by atoms with van der Waals surface area (Å²) in [7, 11) is 0. The van der Waals surface area contributed by atoms with Gasteiger partial charge >= 0.3 is 6.03 Å². The van der Waals surface area contributed by atoms with E-state index in [9.17, 15) is 9.59 Å². The van der Waals surface area contributed by atoms with E-state index >= 15 is 0 Å². The van der Waals surface area contributed by atoms with Gasteiger partial charge in [0.25, 0.3) is 0 Å². The Kier molecular flexibility index (Phi) is 7.20. The molecule has 2 aromatic rings. The summed E-state index contributed by atoms with van der Waals surface area (Å²) in [4.78, 5) is 23.1. The molecule has 0 saturated carbocycles. The number of benzene rings is 1. The number of imide groups is 1. The van der Waals surface area contributed by atoms with Gasteiger partial charge in [-0.1, -0.05) is 36.1 Å². The molecule has 1 heterocycles. The van der Waals surface area contributed by atoms with Crippen molar-refractivity contribution in [2.24, 2.45) is 0 Å². The molecule has 0 bridgehead atoms. The predicted octanol–water partition coefficient (Wildman–Crippen LogP) is 3.23. The van der Waals surface area contributed by atoms with Gasteiger partial charge < -0.3 is 10.6 Å². The second-order valence-electron chi connectivity index (χ2n) is 5.39. The minimum absolute atomic E-state index is 0.109. The van der Waals surface area contributed by atoms with Crippen molar-refractivity contribution in [1.82, 2.24) is 20.8 Å². The van der Waals surface area contributed by atoms with Crippen LogP contribution in [0, 0.1) is 13.8 Å². The lowest BCUT2D eigenvalue weighted by molar-refractivity contribution is -0.117. The molecule has 0 aliphatic carbocycles. The molecule has 0 aliphatic rings. The van der Waals surface area contributed by atoms with Gasteiger partial charge in [-0.3, -0.25) is 10.1 Å². The van der Waals surface area contributed by atoms with E-state index in [2.05, 4.69) is 40.0 Å². The van der Waals surface area contributed by atoms with Crippen molar-refractivity contribution in [3.8, 4) is 0 Å². The van der Waals surface area contributed by atoms with Gasteiger partial charge in [0.05, 0.1) is 5.75 Å². The van der Waals surface area contributed by atoms with Gasteiger partial charge in [0, 0.05) is 12.2 Å². The summed E-state index contributed by atoms with van der Waals surface area (Å²) in [5, 5.41) is 16.8. The Morgan fingerprint density at radius 1 is 1.20 bits per heavy atom. The molecule has 3 amide bonds. The van der Waals surface area contributed by atoms with Crippen LogP contribution in [-0.4, -0.2) is 34.4 Å². The fourth-order valence-corrected chi connectivity index (χ4v) is 3.41. The summed E-state index contributed by atoms with van der Waals surface area (Å²) < 4.78 is 0.662. The Hall–Kier alpha value is -2.13. The first-order valence-corrected chi connectivity index (χ1v) is 9.66. The number of carbonyl (C=O) groups is 2. The first-order valence-electron chi connectivity index (χ1n) is 7.86. The fraction of sp³-hybridized carbons (Fsp3) is 0.375. The normalized spacial score (nSPS) is 10.4. The van der Waals surface area contributed by atoms with E-state index in [4.69, 9.17) is 0 Å². The highest BCUT2D eigenvalue weighted by molar-refractivity contribution is 8.01. The molecule has 3 N–H and O–H groups in total. The molecule has 7 nitrogen and oxygen atoms in total. The molecule has 0 fully saturated rings. The van der Waals surface area contributed by atoms with E-state index in [0.29, 0.717) is 16.0 Å². The van der Waals surface area contributed by atoms with Gasteiger partial charge in [-0.15, -0.1) is 10.2 Å². The molecular weight excluding hydrogens is 358 g/mol. The highest BCUT2D eigenvalue weighted by Gasteiger charge is 2.11. The summed E-state index contributed by atoms with van der Waals surface area (Å²) >= 11 is 2.61. The molecule has 0 saturated heterocycles. The number of nitrogens with zero attached hydrogens (tertiary/aromatic N) is 2. The van der Waals surface area contributed by atoms with Crippen LogP contribution in [0.5, 0.6) is 0 Å². The minimum atomic E-state index is -0.471. The molecule has 2 rings (SSSR count). The highest BCUT2D eigenvalue weighted by Crippen LogP contribution is 2.28. The number of aromatic nitrogens is 2. The molecule has 0 spiro atoms. The predicted molar refractivity (Wildman–Crippen MR) is 102 cm³/mol. The van der Waals surface area contributed by atoms with Crippen molar-refractivity contribution in [3.63, 3.8) is 0 Å². The lowest BCUT2D eigenvalue weighted by Crippen LogP contribution is -2.40. The van der Waals surface area contributed by atoms with Crippen molar-refractivity contribution >= 4 is 45.9 Å². The van der Waals surface area contributed by atoms with E-state index in [-0.39, 0.29) is 11.7 Å². The average molecular weight is 380 g/mol. The summed E-state index contributed by atoms with van der Waals surface area (Å²) in [6, 6.07) is 5.61. The van der Waals surface area contributed by atoms with Crippen LogP contribution in [0.2, 0.25) is 0 Å². The zero-order valence-electron chi connectivity index (χ0n) is 14.4. The van der Waals surface area contributed by atoms with Gasteiger partial charge in [-0.25, -0.2) is 4.79 Å². The maximum atomic E-state index is 11.7. The first kappa shape index (κ1) is 19.2. The van der Waals surface area contributed by atoms with Crippen LogP contribution in [0.25, 0.3) is 0 Å². The van der Waals surface area contributed by atoms with Gasteiger partial charge in [-0.2, -0.15) is 0 Å². The number of hydrogen-bond acceptors (Lipinski definition) is 7. The number of amides is 3. The Labute approximate surface area is 155 Å². The zero-order valence-corrected chi connectivity index (χ0v) is 16.0. The van der Waals surface area contributed by atoms with Gasteiger partial charge in [0.2, 0.25) is 11.0 Å². The van der Waals surface area contributed by atoms with Crippen LogP contribution in [0.3, 0.4) is 0 Å². The van der Waals surface area contributed by atoms with Crippen LogP contribution in [0.15, 0.2) is 22.5 Å². The van der Waals surface area contributed by atoms with Gasteiger partial charge in [0.15, 0.2) is 4.34 Å². The molecule has 1 aromatic heterocycles. The monoisotopic (exact) mass is 379 g/mol. The number of hydrogen-bond donors (Lipinski definition) is 3. The first-order chi connectivity index (χ1) is 12.0. The summed E-state index contributed by atoms with van der Waals surface area (Å²) in [6.45, 7) is 6.59. The number of rotatable bonds is 7. The zero-order chi connectivity index (χ0) is 18.2. The third kappa shape index (κ3) is 6.35. The van der Waals surface area contributed by atoms with E-state index in [1.165, 1.54) is 34.2 Å². The van der Waals surface area contributed by atoms with E-state index in [0.717, 1.165) is 12.1 Å². The Morgan fingerprint density at radius 3 is 2.72 bits per heavy atom. The molecule has 0 atom stereocenters. The number of carbonyl (C=O) groups excluding carboxylic acids is 2. The quantitative estimate of drug-likeness (QED) is 0.639. The second-order valence-corrected chi connectivity index (χ2v) is 7.59. The maximum Gasteiger partial charge on any atom is 0.321 e. The SMILES string of the molecule is CCCNC(=O)NC(=O)CSc1nnc(Nc2ccc(C)c(C)c2)s1. The largest absolute Gasteiger partial charge is 0.338 e. The van der Waals surface area contributed by atoms with Crippen molar-refractivity contribution in [2.45, 2.75) is 31.5 Å². The topological polar surface area (TPSA) is 96.0 Å². The second kappa shape index (κ2) is 9.38. The molecular formula is C16H21N5O2S2. The fourth-order valence-electron chi connectivity index (χ4n) is 1.83. The number of urea groups is 1. The highest BCUT2D eigenvalue weighted by atomic mass is 32.2. The molecule has 25 heavy (non-hydrogen) atoms. The van der Waals surface area contributed by atoms with E-state index in [1.807, 2.05) is 25.1 Å². The van der Waals surface area contributed by atoms with Gasteiger partial charge in [0.1, 0.15) is 0 Å². The van der Waals surface area contributed by atoms with Crippen LogP contribution < -0.4 is 16.0 Å². The molecule has 1 aromatic carbocycles. The van der Waals surface area contributed by atoms with Gasteiger partial charge in [-0.05, 0) is 43.5 Å². The summed E-state index contributed by atoms with van der Waals surface area (Å²) in [5.41, 5.74) is 3.37. The Bertz CT molecular complexity index is 748. The molecule has 0 aliphatic heterocycles. The van der Waals surface area contributed by atoms with Crippen molar-refractivity contribution < 1.29 is 9.59 Å². The number of anilines is 2. The average Bonchev–Trinajstić information content (AvgIpc) is 3.02. The standard InChI is InChI=1S/C16H21N5O2S2/c1-4-7-17-14(23)19-13(22)9-24-16-21-20-15(25-16)18-12-6-5-10(2)11(3)8-12/h5-6,8H,4,7,9H2,1-3H3,(H,18,20)(H2,17,19,22,23). The third-order valence-electron chi connectivity index (χ3n) is 3.28. The van der Waals surface area contributed by atoms with Crippen LogP contribution >= 0.6 is 23.1 Å². The Morgan fingerprint density at radius 2 is 2.00 bits per heavy atom. The van der Waals surface area contributed by atoms with E-state index < -0.39 is 6.03 Å². The van der Waals surface area contributed by atoms with E-state index in [1.54, 1.807) is 0 Å². The lowest BCUT2D eigenvalue weighted by Gasteiger charge is -2.05. The summed E-state index contributed by atoms with van der Waals surface area (Å²) in [6.07, 6.45) is 0.817. The lowest BCUT2D eigenvalue weighted by atomic mass is 10.1. The van der Waals surface area contributed by atoms with Crippen LogP contribution in [0.4, 0.5) is 15.6 Å². The van der Waals surface area contributed by atoms with Crippen molar-refractivity contribution in [2.75, 3.05) is 17.6 Å². The van der Waals surface area contributed by atoms with Crippen molar-refractivity contribution in [3.05, 3.63) is 29.3 Å². The maximum absolute atomic E-state index is 11.7. The smallest absolute Gasteiger partial charge is 0.321 e. The Balaban J connectivity index is 1.81. The minimum Gasteiger partial charge on any atom is -0.338 e.